The molecule has 1 fully saturated rings. The van der Waals surface area contributed by atoms with Crippen LogP contribution >= 0.6 is 0 Å². The van der Waals surface area contributed by atoms with Gasteiger partial charge in [0.1, 0.15) is 11.4 Å². The van der Waals surface area contributed by atoms with Gasteiger partial charge in [0.05, 0.1) is 20.3 Å². The van der Waals surface area contributed by atoms with E-state index in [2.05, 4.69) is 20.5 Å². The lowest BCUT2D eigenvalue weighted by molar-refractivity contribution is 0.0398. The van der Waals surface area contributed by atoms with Crippen LogP contribution in [0, 0.1) is 0 Å². The zero-order chi connectivity index (χ0) is 19.6. The standard InChI is InChI=1S/C21H28N4O3/c1-27-20-5-3-2-4-17(20)6-8-24-21(26)19-16-18(7-9-23-19)22-10-11-25-12-14-28-15-13-25/h2-5,7,9,16H,6,8,10-15H2,1H3,(H,22,23)(H,24,26). The van der Waals surface area contributed by atoms with Crippen molar-refractivity contribution >= 4 is 11.6 Å². The molecule has 1 aliphatic rings. The molecule has 0 bridgehead atoms. The number of hydrogen-bond donors (Lipinski definition) is 2. The minimum atomic E-state index is -0.174. The van der Waals surface area contributed by atoms with Crippen molar-refractivity contribution in [2.24, 2.45) is 0 Å². The molecule has 1 amide bonds. The van der Waals surface area contributed by atoms with Crippen LogP contribution in [0.4, 0.5) is 5.69 Å². The lowest BCUT2D eigenvalue weighted by atomic mass is 10.1. The van der Waals surface area contributed by atoms with Gasteiger partial charge in [0.15, 0.2) is 0 Å². The Labute approximate surface area is 166 Å². The first kappa shape index (κ1) is 20.1. The van der Waals surface area contributed by atoms with Crippen molar-refractivity contribution in [2.45, 2.75) is 6.42 Å². The third kappa shape index (κ3) is 5.94. The van der Waals surface area contributed by atoms with E-state index in [1.54, 1.807) is 19.4 Å². The molecule has 0 unspecified atom stereocenters. The molecule has 0 saturated carbocycles. The van der Waals surface area contributed by atoms with Gasteiger partial charge in [-0.25, -0.2) is 0 Å². The molecule has 2 aromatic rings. The van der Waals surface area contributed by atoms with Crippen molar-refractivity contribution in [2.75, 3.05) is 58.4 Å². The normalized spacial score (nSPS) is 14.5. The van der Waals surface area contributed by atoms with E-state index in [0.717, 1.165) is 56.4 Å². The van der Waals surface area contributed by atoms with E-state index in [9.17, 15) is 4.79 Å². The SMILES string of the molecule is COc1ccccc1CCNC(=O)c1cc(NCCN2CCOCC2)ccn1. The summed E-state index contributed by atoms with van der Waals surface area (Å²) in [7, 11) is 1.65. The number of para-hydroxylation sites is 1. The molecule has 0 atom stereocenters. The molecule has 1 aliphatic heterocycles. The smallest absolute Gasteiger partial charge is 0.269 e. The average molecular weight is 384 g/mol. The second-order valence-corrected chi connectivity index (χ2v) is 6.63. The molecule has 0 aliphatic carbocycles. The molecule has 3 rings (SSSR count). The van der Waals surface area contributed by atoms with Gasteiger partial charge in [-0.1, -0.05) is 18.2 Å². The van der Waals surface area contributed by atoms with E-state index in [1.807, 2.05) is 30.3 Å². The third-order valence-electron chi connectivity index (χ3n) is 4.73. The summed E-state index contributed by atoms with van der Waals surface area (Å²) in [6.07, 6.45) is 2.36. The van der Waals surface area contributed by atoms with Crippen molar-refractivity contribution < 1.29 is 14.3 Å². The van der Waals surface area contributed by atoms with Gasteiger partial charge in [0.2, 0.25) is 0 Å². The van der Waals surface area contributed by atoms with Crippen LogP contribution in [0.1, 0.15) is 16.1 Å². The highest BCUT2D eigenvalue weighted by Crippen LogP contribution is 2.17. The van der Waals surface area contributed by atoms with Crippen LogP contribution in [0.25, 0.3) is 0 Å². The zero-order valence-electron chi connectivity index (χ0n) is 16.3. The van der Waals surface area contributed by atoms with Crippen molar-refractivity contribution in [3.8, 4) is 5.75 Å². The Morgan fingerprint density at radius 3 is 2.86 bits per heavy atom. The number of benzene rings is 1. The summed E-state index contributed by atoms with van der Waals surface area (Å²) >= 11 is 0. The Morgan fingerprint density at radius 1 is 1.21 bits per heavy atom. The summed E-state index contributed by atoms with van der Waals surface area (Å²) in [6, 6.07) is 11.5. The average Bonchev–Trinajstić information content (AvgIpc) is 2.75. The molecular weight excluding hydrogens is 356 g/mol. The Hall–Kier alpha value is -2.64. The van der Waals surface area contributed by atoms with Gasteiger partial charge in [0.25, 0.3) is 5.91 Å². The number of carbonyl (C=O) groups is 1. The lowest BCUT2D eigenvalue weighted by Gasteiger charge is -2.26. The van der Waals surface area contributed by atoms with Gasteiger partial charge >= 0.3 is 0 Å². The number of pyridine rings is 1. The van der Waals surface area contributed by atoms with Crippen LogP contribution in [0.3, 0.4) is 0 Å². The summed E-state index contributed by atoms with van der Waals surface area (Å²) in [5.74, 6) is 0.660. The molecule has 1 aromatic heterocycles. The fourth-order valence-corrected chi connectivity index (χ4v) is 3.16. The van der Waals surface area contributed by atoms with Crippen LogP contribution < -0.4 is 15.4 Å². The number of aromatic nitrogens is 1. The first-order valence-electron chi connectivity index (χ1n) is 9.66. The second kappa shape index (κ2) is 10.6. The Balaban J connectivity index is 1.45. The molecule has 150 valence electrons. The molecule has 0 spiro atoms. The van der Waals surface area contributed by atoms with Gasteiger partial charge in [-0.2, -0.15) is 0 Å². The number of hydrogen-bond acceptors (Lipinski definition) is 6. The van der Waals surface area contributed by atoms with Crippen LogP contribution in [0.15, 0.2) is 42.6 Å². The highest BCUT2D eigenvalue weighted by molar-refractivity contribution is 5.93. The summed E-state index contributed by atoms with van der Waals surface area (Å²) in [4.78, 5) is 19.0. The van der Waals surface area contributed by atoms with Crippen molar-refractivity contribution in [1.29, 1.82) is 0 Å². The molecule has 7 nitrogen and oxygen atoms in total. The maximum absolute atomic E-state index is 12.4. The number of morpholine rings is 1. The molecule has 2 N–H and O–H groups in total. The van der Waals surface area contributed by atoms with Gasteiger partial charge < -0.3 is 20.1 Å². The van der Waals surface area contributed by atoms with Crippen molar-refractivity contribution in [3.05, 3.63) is 53.9 Å². The zero-order valence-corrected chi connectivity index (χ0v) is 16.3. The summed E-state index contributed by atoms with van der Waals surface area (Å²) < 4.78 is 10.7. The quantitative estimate of drug-likeness (QED) is 0.687. The molecule has 1 aromatic carbocycles. The third-order valence-corrected chi connectivity index (χ3v) is 4.73. The van der Waals surface area contributed by atoms with Crippen molar-refractivity contribution in [1.82, 2.24) is 15.2 Å². The Morgan fingerprint density at radius 2 is 2.04 bits per heavy atom. The number of nitrogens with one attached hydrogen (secondary N) is 2. The Bertz CT molecular complexity index is 763. The number of ether oxygens (including phenoxy) is 2. The van der Waals surface area contributed by atoms with E-state index < -0.39 is 0 Å². The number of carbonyl (C=O) groups excluding carboxylic acids is 1. The first-order valence-corrected chi connectivity index (χ1v) is 9.66. The maximum atomic E-state index is 12.4. The molecular formula is C21H28N4O3. The molecule has 0 radical (unpaired) electrons. The summed E-state index contributed by atoms with van der Waals surface area (Å²) in [6.45, 7) is 5.83. The fraction of sp³-hybridized carbons (Fsp3) is 0.429. The second-order valence-electron chi connectivity index (χ2n) is 6.63. The maximum Gasteiger partial charge on any atom is 0.269 e. The number of methoxy groups -OCH3 is 1. The minimum absolute atomic E-state index is 0.174. The van der Waals surface area contributed by atoms with Crippen molar-refractivity contribution in [3.63, 3.8) is 0 Å². The lowest BCUT2D eigenvalue weighted by Crippen LogP contribution is -2.39. The monoisotopic (exact) mass is 384 g/mol. The number of nitrogens with zero attached hydrogens (tertiary/aromatic N) is 2. The Kier molecular flexibility index (Phi) is 7.63. The largest absolute Gasteiger partial charge is 0.496 e. The van der Waals surface area contributed by atoms with E-state index in [4.69, 9.17) is 9.47 Å². The van der Waals surface area contributed by atoms with E-state index >= 15 is 0 Å². The van der Waals surface area contributed by atoms with Gasteiger partial charge in [0, 0.05) is 44.6 Å². The summed E-state index contributed by atoms with van der Waals surface area (Å²) in [5.41, 5.74) is 2.38. The van der Waals surface area contributed by atoms with Crippen LogP contribution in [-0.2, 0) is 11.2 Å². The van der Waals surface area contributed by atoms with Gasteiger partial charge in [-0.05, 0) is 30.2 Å². The van der Waals surface area contributed by atoms with E-state index in [-0.39, 0.29) is 5.91 Å². The number of anilines is 1. The van der Waals surface area contributed by atoms with E-state index in [1.165, 1.54) is 0 Å². The minimum Gasteiger partial charge on any atom is -0.496 e. The molecule has 7 heteroatoms. The molecule has 1 saturated heterocycles. The predicted molar refractivity (Wildman–Crippen MR) is 109 cm³/mol. The fourth-order valence-electron chi connectivity index (χ4n) is 3.16. The van der Waals surface area contributed by atoms with Crippen LogP contribution in [0.5, 0.6) is 5.75 Å². The molecule has 2 heterocycles. The topological polar surface area (TPSA) is 75.7 Å². The molecule has 28 heavy (non-hydrogen) atoms. The highest BCUT2D eigenvalue weighted by atomic mass is 16.5. The number of amides is 1. The van der Waals surface area contributed by atoms with Crippen LogP contribution in [0.2, 0.25) is 0 Å². The first-order chi connectivity index (χ1) is 13.8. The highest BCUT2D eigenvalue weighted by Gasteiger charge is 2.11. The van der Waals surface area contributed by atoms with Gasteiger partial charge in [-0.15, -0.1) is 0 Å². The van der Waals surface area contributed by atoms with E-state index in [0.29, 0.717) is 18.7 Å². The summed E-state index contributed by atoms with van der Waals surface area (Å²) in [5, 5.41) is 6.29. The predicted octanol–water partition coefficient (Wildman–Crippen LogP) is 1.81. The number of rotatable bonds is 9. The van der Waals surface area contributed by atoms with Gasteiger partial charge in [-0.3, -0.25) is 14.7 Å². The van der Waals surface area contributed by atoms with Crippen LogP contribution in [-0.4, -0.2) is 68.8 Å².